The van der Waals surface area contributed by atoms with Crippen LogP contribution in [0.5, 0.6) is 0 Å². The van der Waals surface area contributed by atoms with Crippen molar-refractivity contribution in [2.45, 2.75) is 19.0 Å². The van der Waals surface area contributed by atoms with Crippen molar-refractivity contribution < 1.29 is 0 Å². The minimum Gasteiger partial charge on any atom is -0.329 e. The Kier molecular flexibility index (Phi) is 4.73. The molecule has 0 amide bonds. The second-order valence-corrected chi connectivity index (χ2v) is 7.00. The number of hydrogen-bond donors (Lipinski definition) is 1. The highest BCUT2D eigenvalue weighted by Gasteiger charge is 2.28. The molecule has 1 aromatic heterocycles. The molecule has 0 radical (unpaired) electrons. The average molecular weight is 321 g/mol. The van der Waals surface area contributed by atoms with Crippen molar-refractivity contribution in [2.75, 3.05) is 24.6 Å². The van der Waals surface area contributed by atoms with Crippen LogP contribution in [0, 0.1) is 0 Å². The molecule has 0 aromatic carbocycles. The van der Waals surface area contributed by atoms with Crippen molar-refractivity contribution in [3.8, 4) is 0 Å². The average Bonchev–Trinajstić information content (AvgIpc) is 2.69. The third-order valence-electron chi connectivity index (χ3n) is 2.99. The van der Waals surface area contributed by atoms with E-state index in [2.05, 4.69) is 39.2 Å². The largest absolute Gasteiger partial charge is 0.329 e. The van der Waals surface area contributed by atoms with Gasteiger partial charge in [0.2, 0.25) is 0 Å². The summed E-state index contributed by atoms with van der Waals surface area (Å²) in [7, 11) is 0. The molecule has 0 bridgehead atoms. The molecule has 90 valence electrons. The maximum atomic E-state index is 5.96. The smallest absolute Gasteiger partial charge is 0.0578 e. The van der Waals surface area contributed by atoms with Gasteiger partial charge in [-0.2, -0.15) is 11.8 Å². The number of nitrogens with zero attached hydrogens (tertiary/aromatic N) is 1. The van der Waals surface area contributed by atoms with E-state index in [1.165, 1.54) is 20.9 Å². The van der Waals surface area contributed by atoms with E-state index in [0.29, 0.717) is 18.6 Å². The summed E-state index contributed by atoms with van der Waals surface area (Å²) < 4.78 is 1.21. The first-order valence-electron chi connectivity index (χ1n) is 5.50. The van der Waals surface area contributed by atoms with Gasteiger partial charge in [-0.1, -0.05) is 0 Å². The standard InChI is InChI=1S/C11H17BrN2S2/c1-8-7-15-5-3-14(8)10(6-13)11-9(12)2-4-16-11/h2,4,8,10H,3,5-7,13H2,1H3. The summed E-state index contributed by atoms with van der Waals surface area (Å²) in [5.74, 6) is 2.45. The minimum absolute atomic E-state index is 0.380. The second kappa shape index (κ2) is 5.87. The van der Waals surface area contributed by atoms with E-state index in [9.17, 15) is 0 Å². The van der Waals surface area contributed by atoms with Crippen LogP contribution in [0.15, 0.2) is 15.9 Å². The number of thioether (sulfide) groups is 1. The maximum Gasteiger partial charge on any atom is 0.0578 e. The fourth-order valence-corrected chi connectivity index (χ4v) is 4.95. The van der Waals surface area contributed by atoms with Gasteiger partial charge in [0.05, 0.1) is 6.04 Å². The molecule has 0 aliphatic carbocycles. The summed E-state index contributed by atoms with van der Waals surface area (Å²) in [5, 5.41) is 2.13. The summed E-state index contributed by atoms with van der Waals surface area (Å²) in [6.07, 6.45) is 0. The molecule has 2 unspecified atom stereocenters. The Morgan fingerprint density at radius 1 is 1.69 bits per heavy atom. The molecule has 1 aliphatic rings. The Bertz CT molecular complexity index is 342. The third-order valence-corrected chi connectivity index (χ3v) is 6.15. The van der Waals surface area contributed by atoms with Gasteiger partial charge in [-0.3, -0.25) is 4.90 Å². The van der Waals surface area contributed by atoms with E-state index in [1.807, 2.05) is 11.8 Å². The number of halogens is 1. The normalized spacial score (nSPS) is 24.6. The topological polar surface area (TPSA) is 29.3 Å². The minimum atomic E-state index is 0.380. The fourth-order valence-electron chi connectivity index (χ4n) is 2.14. The van der Waals surface area contributed by atoms with Gasteiger partial charge < -0.3 is 5.73 Å². The SMILES string of the molecule is CC1CSCCN1C(CN)c1sccc1Br. The molecule has 1 fully saturated rings. The molecule has 5 heteroatoms. The molecule has 2 heterocycles. The summed E-state index contributed by atoms with van der Waals surface area (Å²) in [5.41, 5.74) is 5.96. The van der Waals surface area contributed by atoms with E-state index in [4.69, 9.17) is 5.73 Å². The Balaban J connectivity index is 2.18. The lowest BCUT2D eigenvalue weighted by Gasteiger charge is -2.38. The van der Waals surface area contributed by atoms with Crippen molar-refractivity contribution in [1.82, 2.24) is 4.90 Å². The first-order chi connectivity index (χ1) is 7.74. The van der Waals surface area contributed by atoms with Crippen LogP contribution in [-0.2, 0) is 0 Å². The molecule has 1 aliphatic heterocycles. The Morgan fingerprint density at radius 2 is 2.50 bits per heavy atom. The van der Waals surface area contributed by atoms with Crippen LogP contribution >= 0.6 is 39.0 Å². The molecular weight excluding hydrogens is 304 g/mol. The lowest BCUT2D eigenvalue weighted by Crippen LogP contribution is -2.45. The quantitative estimate of drug-likeness (QED) is 0.928. The first kappa shape index (κ1) is 12.9. The van der Waals surface area contributed by atoms with Crippen molar-refractivity contribution in [2.24, 2.45) is 5.73 Å². The Morgan fingerprint density at radius 3 is 3.06 bits per heavy atom. The third kappa shape index (κ3) is 2.64. The summed E-state index contributed by atoms with van der Waals surface area (Å²) in [6, 6.07) is 3.12. The molecule has 1 aromatic rings. The van der Waals surface area contributed by atoms with Crippen LogP contribution < -0.4 is 5.73 Å². The van der Waals surface area contributed by atoms with Gasteiger partial charge in [0.1, 0.15) is 0 Å². The lowest BCUT2D eigenvalue weighted by molar-refractivity contribution is 0.168. The van der Waals surface area contributed by atoms with Crippen molar-refractivity contribution in [1.29, 1.82) is 0 Å². The Labute approximate surface area is 114 Å². The van der Waals surface area contributed by atoms with E-state index in [0.717, 1.165) is 6.54 Å². The summed E-state index contributed by atoms with van der Waals surface area (Å²) in [6.45, 7) is 4.16. The zero-order valence-corrected chi connectivity index (χ0v) is 12.6. The van der Waals surface area contributed by atoms with Gasteiger partial charge >= 0.3 is 0 Å². The van der Waals surface area contributed by atoms with Crippen molar-refractivity contribution in [3.63, 3.8) is 0 Å². The van der Waals surface area contributed by atoms with Gasteiger partial charge in [0, 0.05) is 40.0 Å². The van der Waals surface area contributed by atoms with Crippen LogP contribution in [-0.4, -0.2) is 35.5 Å². The molecule has 0 saturated carbocycles. The van der Waals surface area contributed by atoms with Crippen molar-refractivity contribution >= 4 is 39.0 Å². The van der Waals surface area contributed by atoms with E-state index in [-0.39, 0.29) is 0 Å². The Hall–Kier alpha value is 0.450. The van der Waals surface area contributed by atoms with E-state index in [1.54, 1.807) is 11.3 Å². The zero-order valence-electron chi connectivity index (χ0n) is 9.36. The molecule has 1 saturated heterocycles. The highest BCUT2D eigenvalue weighted by Crippen LogP contribution is 2.34. The lowest BCUT2D eigenvalue weighted by atomic mass is 10.1. The first-order valence-corrected chi connectivity index (χ1v) is 8.33. The molecule has 16 heavy (non-hydrogen) atoms. The fraction of sp³-hybridized carbons (Fsp3) is 0.636. The highest BCUT2D eigenvalue weighted by molar-refractivity contribution is 9.10. The molecule has 2 nitrogen and oxygen atoms in total. The van der Waals surface area contributed by atoms with Crippen molar-refractivity contribution in [3.05, 3.63) is 20.8 Å². The summed E-state index contributed by atoms with van der Waals surface area (Å²) in [4.78, 5) is 3.92. The van der Waals surface area contributed by atoms with Crippen LogP contribution in [0.4, 0.5) is 0 Å². The molecule has 2 atom stereocenters. The van der Waals surface area contributed by atoms with Gasteiger partial charge in [-0.25, -0.2) is 0 Å². The predicted octanol–water partition coefficient (Wildman–Crippen LogP) is 2.95. The molecule has 2 N–H and O–H groups in total. The van der Waals surface area contributed by atoms with Crippen LogP contribution in [0.3, 0.4) is 0 Å². The van der Waals surface area contributed by atoms with Gasteiger partial charge in [-0.15, -0.1) is 11.3 Å². The van der Waals surface area contributed by atoms with Crippen LogP contribution in [0.25, 0.3) is 0 Å². The molecule has 2 rings (SSSR count). The van der Waals surface area contributed by atoms with Gasteiger partial charge in [0.15, 0.2) is 0 Å². The van der Waals surface area contributed by atoms with Gasteiger partial charge in [-0.05, 0) is 34.3 Å². The van der Waals surface area contributed by atoms with Crippen LogP contribution in [0.1, 0.15) is 17.8 Å². The summed E-state index contributed by atoms with van der Waals surface area (Å²) >= 11 is 7.47. The number of nitrogens with two attached hydrogens (primary N) is 1. The number of thiophene rings is 1. The monoisotopic (exact) mass is 320 g/mol. The molecule has 0 spiro atoms. The van der Waals surface area contributed by atoms with E-state index < -0.39 is 0 Å². The number of hydrogen-bond acceptors (Lipinski definition) is 4. The maximum absolute atomic E-state index is 5.96. The molecular formula is C11H17BrN2S2. The van der Waals surface area contributed by atoms with E-state index >= 15 is 0 Å². The number of rotatable bonds is 3. The van der Waals surface area contributed by atoms with Crippen LogP contribution in [0.2, 0.25) is 0 Å². The highest BCUT2D eigenvalue weighted by atomic mass is 79.9. The second-order valence-electron chi connectivity index (χ2n) is 4.05. The zero-order chi connectivity index (χ0) is 11.5. The van der Waals surface area contributed by atoms with Gasteiger partial charge in [0.25, 0.3) is 0 Å². The predicted molar refractivity (Wildman–Crippen MR) is 77.3 cm³/mol.